The lowest BCUT2D eigenvalue weighted by molar-refractivity contribution is 0.212. The first-order chi connectivity index (χ1) is 10.1. The van der Waals surface area contributed by atoms with Crippen LogP contribution in [-0.2, 0) is 9.84 Å². The number of rotatable bonds is 3. The topological polar surface area (TPSA) is 49.4 Å². The molecule has 0 radical (unpaired) electrons. The molecule has 0 aliphatic carbocycles. The highest BCUT2D eigenvalue weighted by Gasteiger charge is 2.30. The van der Waals surface area contributed by atoms with Crippen LogP contribution in [0.4, 0.5) is 0 Å². The van der Waals surface area contributed by atoms with Gasteiger partial charge >= 0.3 is 0 Å². The Hall–Kier alpha value is -0.910. The molecule has 0 spiro atoms. The third kappa shape index (κ3) is 3.30. The van der Waals surface area contributed by atoms with Crippen molar-refractivity contribution in [3.63, 3.8) is 0 Å². The largest absolute Gasteiger partial charge is 0.310 e. The first kappa shape index (κ1) is 15.0. The minimum absolute atomic E-state index is 0.185. The average Bonchev–Trinajstić information content (AvgIpc) is 2.48. The van der Waals surface area contributed by atoms with Gasteiger partial charge in [-0.15, -0.1) is 0 Å². The predicted molar refractivity (Wildman–Crippen MR) is 84.1 cm³/mol. The summed E-state index contributed by atoms with van der Waals surface area (Å²) in [5.74, 6) is 0.974. The van der Waals surface area contributed by atoms with E-state index in [1.54, 1.807) is 6.07 Å². The summed E-state index contributed by atoms with van der Waals surface area (Å²) in [6, 6.07) is 7.64. The minimum Gasteiger partial charge on any atom is -0.310 e. The van der Waals surface area contributed by atoms with Crippen LogP contribution >= 0.6 is 0 Å². The van der Waals surface area contributed by atoms with Crippen molar-refractivity contribution in [2.24, 2.45) is 5.92 Å². The van der Waals surface area contributed by atoms with Crippen molar-refractivity contribution in [2.45, 2.75) is 30.2 Å². The second-order valence-corrected chi connectivity index (χ2v) is 8.43. The van der Waals surface area contributed by atoms with Gasteiger partial charge in [0.1, 0.15) is 0 Å². The van der Waals surface area contributed by atoms with Crippen LogP contribution in [0.2, 0.25) is 0 Å². The lowest BCUT2D eigenvalue weighted by atomic mass is 9.96. The Morgan fingerprint density at radius 2 is 1.90 bits per heavy atom. The minimum atomic E-state index is -3.07. The normalized spacial score (nSPS) is 26.4. The molecule has 1 unspecified atom stereocenters. The fraction of sp³-hybridized carbons (Fsp3) is 0.625. The van der Waals surface area contributed by atoms with Crippen LogP contribution in [0, 0.1) is 5.92 Å². The Labute approximate surface area is 127 Å². The highest BCUT2D eigenvalue weighted by atomic mass is 32.2. The van der Waals surface area contributed by atoms with Gasteiger partial charge in [-0.05, 0) is 63.5 Å². The summed E-state index contributed by atoms with van der Waals surface area (Å²) in [7, 11) is -0.900. The van der Waals surface area contributed by atoms with E-state index in [9.17, 15) is 8.42 Å². The maximum Gasteiger partial charge on any atom is 0.178 e. The van der Waals surface area contributed by atoms with Crippen LogP contribution in [0.25, 0.3) is 0 Å². The summed E-state index contributed by atoms with van der Waals surface area (Å²) < 4.78 is 24.3. The molecule has 0 amide bonds. The number of nitrogens with one attached hydrogen (secondary N) is 1. The molecular weight excluding hydrogens is 284 g/mol. The van der Waals surface area contributed by atoms with Gasteiger partial charge in [-0.3, -0.25) is 0 Å². The summed E-state index contributed by atoms with van der Waals surface area (Å²) in [5, 5.41) is 3.62. The lowest BCUT2D eigenvalue weighted by Crippen LogP contribution is -2.37. The number of sulfone groups is 1. The van der Waals surface area contributed by atoms with Crippen molar-refractivity contribution in [3.8, 4) is 0 Å². The molecule has 2 heterocycles. The molecule has 1 atom stereocenters. The summed E-state index contributed by atoms with van der Waals surface area (Å²) >= 11 is 0. The highest BCUT2D eigenvalue weighted by Crippen LogP contribution is 2.32. The molecule has 5 heteroatoms. The Kier molecular flexibility index (Phi) is 4.33. The molecule has 1 aromatic rings. The van der Waals surface area contributed by atoms with Crippen LogP contribution in [-0.4, -0.2) is 45.8 Å². The Morgan fingerprint density at radius 3 is 2.67 bits per heavy atom. The van der Waals surface area contributed by atoms with E-state index in [4.69, 9.17) is 0 Å². The SMILES string of the molecule is CN1CCC(CNC2CCS(=O)(=O)c3ccccc32)CC1. The van der Waals surface area contributed by atoms with E-state index in [0.29, 0.717) is 17.2 Å². The van der Waals surface area contributed by atoms with Crippen molar-refractivity contribution in [3.05, 3.63) is 29.8 Å². The molecule has 1 aromatic carbocycles. The van der Waals surface area contributed by atoms with Crippen molar-refractivity contribution >= 4 is 9.84 Å². The van der Waals surface area contributed by atoms with Gasteiger partial charge in [0, 0.05) is 6.04 Å². The average molecular weight is 308 g/mol. The highest BCUT2D eigenvalue weighted by molar-refractivity contribution is 7.91. The fourth-order valence-electron chi connectivity index (χ4n) is 3.38. The Balaban J connectivity index is 1.67. The van der Waals surface area contributed by atoms with E-state index < -0.39 is 9.84 Å². The van der Waals surface area contributed by atoms with E-state index in [-0.39, 0.29) is 11.8 Å². The second-order valence-electron chi connectivity index (χ2n) is 6.35. The molecule has 0 aromatic heterocycles. The van der Waals surface area contributed by atoms with Gasteiger partial charge < -0.3 is 10.2 Å². The third-order valence-electron chi connectivity index (χ3n) is 4.80. The molecule has 2 aliphatic rings. The standard InChI is InChI=1S/C16H24N2O2S/c1-18-9-6-13(7-10-18)12-17-15-8-11-21(19,20)16-5-3-2-4-14(15)16/h2-5,13,15,17H,6-12H2,1H3. The number of benzene rings is 1. The quantitative estimate of drug-likeness (QED) is 0.925. The third-order valence-corrected chi connectivity index (χ3v) is 6.61. The van der Waals surface area contributed by atoms with Gasteiger partial charge in [-0.1, -0.05) is 18.2 Å². The first-order valence-corrected chi connectivity index (χ1v) is 9.45. The zero-order valence-electron chi connectivity index (χ0n) is 12.6. The van der Waals surface area contributed by atoms with Crippen molar-refractivity contribution in [2.75, 3.05) is 32.4 Å². The monoisotopic (exact) mass is 308 g/mol. The number of nitrogens with zero attached hydrogens (tertiary/aromatic N) is 1. The van der Waals surface area contributed by atoms with E-state index in [1.165, 1.54) is 25.9 Å². The lowest BCUT2D eigenvalue weighted by Gasteiger charge is -2.32. The van der Waals surface area contributed by atoms with E-state index in [0.717, 1.165) is 12.1 Å². The Bertz CT molecular complexity index is 592. The maximum absolute atomic E-state index is 12.1. The molecule has 1 saturated heterocycles. The van der Waals surface area contributed by atoms with Gasteiger partial charge in [0.2, 0.25) is 0 Å². The van der Waals surface area contributed by atoms with Crippen LogP contribution in [0.15, 0.2) is 29.2 Å². The van der Waals surface area contributed by atoms with Crippen LogP contribution in [0.5, 0.6) is 0 Å². The Morgan fingerprint density at radius 1 is 1.19 bits per heavy atom. The molecule has 0 bridgehead atoms. The number of likely N-dealkylation sites (tertiary alicyclic amines) is 1. The fourth-order valence-corrected chi connectivity index (χ4v) is 5.00. The molecule has 3 rings (SSSR count). The van der Waals surface area contributed by atoms with Gasteiger partial charge in [0.15, 0.2) is 9.84 Å². The molecule has 1 fully saturated rings. The summed E-state index contributed by atoms with van der Waals surface area (Å²) in [6.45, 7) is 3.33. The van der Waals surface area contributed by atoms with E-state index in [2.05, 4.69) is 17.3 Å². The van der Waals surface area contributed by atoms with Crippen molar-refractivity contribution in [1.82, 2.24) is 10.2 Å². The number of hydrogen-bond acceptors (Lipinski definition) is 4. The van der Waals surface area contributed by atoms with Crippen LogP contribution in [0.3, 0.4) is 0 Å². The molecular formula is C16H24N2O2S. The van der Waals surface area contributed by atoms with Gasteiger partial charge in [-0.2, -0.15) is 0 Å². The van der Waals surface area contributed by atoms with Gasteiger partial charge in [0.05, 0.1) is 10.6 Å². The molecule has 21 heavy (non-hydrogen) atoms. The molecule has 116 valence electrons. The molecule has 0 saturated carbocycles. The summed E-state index contributed by atoms with van der Waals surface area (Å²) in [5.41, 5.74) is 0.955. The van der Waals surface area contributed by atoms with Crippen molar-refractivity contribution < 1.29 is 8.42 Å². The molecule has 2 aliphatic heterocycles. The number of piperidine rings is 1. The first-order valence-electron chi connectivity index (χ1n) is 7.80. The smallest absolute Gasteiger partial charge is 0.178 e. The van der Waals surface area contributed by atoms with Gasteiger partial charge in [-0.25, -0.2) is 8.42 Å². The van der Waals surface area contributed by atoms with E-state index in [1.807, 2.05) is 18.2 Å². The second kappa shape index (κ2) is 6.07. The molecule has 4 nitrogen and oxygen atoms in total. The van der Waals surface area contributed by atoms with Crippen molar-refractivity contribution in [1.29, 1.82) is 0 Å². The number of hydrogen-bond donors (Lipinski definition) is 1. The zero-order valence-corrected chi connectivity index (χ0v) is 13.4. The zero-order chi connectivity index (χ0) is 14.9. The van der Waals surface area contributed by atoms with Crippen LogP contribution < -0.4 is 5.32 Å². The van der Waals surface area contributed by atoms with Crippen LogP contribution in [0.1, 0.15) is 30.9 Å². The number of fused-ring (bicyclic) bond motifs is 1. The predicted octanol–water partition coefficient (Wildman–Crippen LogP) is 1.84. The van der Waals surface area contributed by atoms with Gasteiger partial charge in [0.25, 0.3) is 0 Å². The summed E-state index contributed by atoms with van der Waals surface area (Å²) in [4.78, 5) is 2.90. The van der Waals surface area contributed by atoms with E-state index >= 15 is 0 Å². The maximum atomic E-state index is 12.1. The summed E-state index contributed by atoms with van der Waals surface area (Å²) in [6.07, 6.45) is 3.15. The molecule has 1 N–H and O–H groups in total.